The Labute approximate surface area is 267 Å². The zero-order valence-corrected chi connectivity index (χ0v) is 31.2. The number of aliphatic carboxylic acids is 2. The van der Waals surface area contributed by atoms with Crippen LogP contribution >= 0.6 is 0 Å². The van der Waals surface area contributed by atoms with Gasteiger partial charge >= 0.3 is 16.5 Å². The summed E-state index contributed by atoms with van der Waals surface area (Å²) in [4.78, 5) is 19.9. The van der Waals surface area contributed by atoms with Gasteiger partial charge in [-0.1, -0.05) is 168 Å². The van der Waals surface area contributed by atoms with Crippen LogP contribution in [-0.2, 0) is 26.1 Å². The van der Waals surface area contributed by atoms with Crippen molar-refractivity contribution in [1.29, 1.82) is 0 Å². The summed E-state index contributed by atoms with van der Waals surface area (Å²) in [6.45, 7) is 27.3. The second-order valence-electron chi connectivity index (χ2n) is 13.5. The monoisotopic (exact) mass is 628 g/mol. The second-order valence-corrected chi connectivity index (χ2v) is 16.6. The van der Waals surface area contributed by atoms with Crippen molar-refractivity contribution in [3.63, 3.8) is 0 Å². The molecular formula is C34H71AlNiO4. The van der Waals surface area contributed by atoms with Gasteiger partial charge in [-0.05, 0) is 37.5 Å². The quantitative estimate of drug-likeness (QED) is 0.106. The van der Waals surface area contributed by atoms with Crippen molar-refractivity contribution in [1.82, 2.24) is 0 Å². The molecule has 0 aliphatic carbocycles. The zero-order valence-electron chi connectivity index (χ0n) is 29.0. The molecule has 0 aromatic carbocycles. The summed E-state index contributed by atoms with van der Waals surface area (Å²) in [7, 11) is 0. The fourth-order valence-electron chi connectivity index (χ4n) is 4.43. The van der Waals surface area contributed by atoms with Gasteiger partial charge in [0.25, 0.3) is 14.1 Å². The van der Waals surface area contributed by atoms with E-state index in [0.717, 1.165) is 56.3 Å². The minimum atomic E-state index is -0.927. The Morgan fingerprint density at radius 1 is 0.500 bits per heavy atom. The molecule has 0 radical (unpaired) electrons. The molecule has 40 heavy (non-hydrogen) atoms. The van der Waals surface area contributed by atoms with Crippen molar-refractivity contribution in [3.05, 3.63) is 0 Å². The molecule has 0 aromatic heterocycles. The molecule has 0 aliphatic rings. The average molecular weight is 630 g/mol. The molecule has 0 unspecified atom stereocenters. The van der Waals surface area contributed by atoms with Crippen LogP contribution < -0.4 is 10.2 Å². The molecular weight excluding hydrogens is 558 g/mol. The van der Waals surface area contributed by atoms with Crippen LogP contribution in [0.15, 0.2) is 0 Å². The molecule has 0 spiro atoms. The molecule has 0 bridgehead atoms. The summed E-state index contributed by atoms with van der Waals surface area (Å²) in [5.74, 6) is 2.29. The van der Waals surface area contributed by atoms with Gasteiger partial charge in [0.15, 0.2) is 0 Å². The third kappa shape index (κ3) is 61.8. The fraction of sp³-hybridized carbons (Fsp3) is 0.941. The van der Waals surface area contributed by atoms with E-state index in [1.165, 1.54) is 25.7 Å². The summed E-state index contributed by atoms with van der Waals surface area (Å²) in [6.07, 6.45) is 11.7. The van der Waals surface area contributed by atoms with Gasteiger partial charge in [0.2, 0.25) is 0 Å². The third-order valence-electron chi connectivity index (χ3n) is 6.20. The van der Waals surface area contributed by atoms with Crippen LogP contribution in [0.3, 0.4) is 0 Å². The van der Waals surface area contributed by atoms with Gasteiger partial charge in [-0.25, -0.2) is 0 Å². The second kappa shape index (κ2) is 37.0. The van der Waals surface area contributed by atoms with Gasteiger partial charge in [0.05, 0.1) is 0 Å². The maximum atomic E-state index is 9.93. The van der Waals surface area contributed by atoms with Crippen molar-refractivity contribution in [2.75, 3.05) is 0 Å². The predicted molar refractivity (Wildman–Crippen MR) is 171 cm³/mol. The molecule has 4 nitrogen and oxygen atoms in total. The third-order valence-corrected chi connectivity index (χ3v) is 11.0. The van der Waals surface area contributed by atoms with Gasteiger partial charge in [-0.2, -0.15) is 0 Å². The van der Waals surface area contributed by atoms with Gasteiger partial charge in [-0.3, -0.25) is 0 Å². The summed E-state index contributed by atoms with van der Waals surface area (Å²) in [6, 6.07) is 0. The Balaban J connectivity index is -0.000000139. The first-order valence-electron chi connectivity index (χ1n) is 16.5. The van der Waals surface area contributed by atoms with Gasteiger partial charge < -0.3 is 19.8 Å². The van der Waals surface area contributed by atoms with Crippen LogP contribution in [0.1, 0.15) is 160 Å². The van der Waals surface area contributed by atoms with Crippen LogP contribution in [-0.4, -0.2) is 26.1 Å². The van der Waals surface area contributed by atoms with Crippen molar-refractivity contribution in [2.45, 2.75) is 176 Å². The maximum Gasteiger partial charge on any atom is 2.00 e. The molecule has 0 rings (SSSR count). The average Bonchev–Trinajstić information content (AvgIpc) is 2.77. The number of hydrogen-bond donors (Lipinski definition) is 0. The van der Waals surface area contributed by atoms with Gasteiger partial charge in [-0.15, -0.1) is 0 Å². The van der Waals surface area contributed by atoms with Crippen LogP contribution in [0.4, 0.5) is 0 Å². The Hall–Kier alpha value is -0.0340. The molecule has 0 N–H and O–H groups in total. The Bertz CT molecular complexity index is 454. The number of hydrogen-bond acceptors (Lipinski definition) is 4. The molecule has 244 valence electrons. The first kappa shape index (κ1) is 49.6. The number of carboxylic acid groups (broad SMARTS) is 2. The van der Waals surface area contributed by atoms with Crippen LogP contribution in [0.25, 0.3) is 0 Å². The number of carbonyl (C=O) groups excluding carboxylic acids is 2. The van der Waals surface area contributed by atoms with E-state index in [1.807, 2.05) is 0 Å². The standard InChI is InChI=1S/2C8H16O2.C6H14.3C4H9.Al.Ni/c2*1-7(2)5-3-4-6-8(9)10;1-3-5-6-4-2;3*1-4(2)3;;/h2*7H,3-6H2,1-2H3,(H,9,10);3-6H2,1-2H3;3*4H,1H2,2-3H3;;/q;;;;;;;+2/p-2. The molecule has 0 fully saturated rings. The molecule has 0 aromatic rings. The molecule has 0 saturated heterocycles. The first-order chi connectivity index (χ1) is 18.1. The molecule has 0 heterocycles. The van der Waals surface area contributed by atoms with E-state index in [2.05, 4.69) is 83.1 Å². The van der Waals surface area contributed by atoms with E-state index in [0.29, 0.717) is 11.8 Å². The molecule has 0 saturated carbocycles. The predicted octanol–water partition coefficient (Wildman–Crippen LogP) is 8.94. The summed E-state index contributed by atoms with van der Waals surface area (Å²) in [5.41, 5.74) is 0. The number of rotatable bonds is 19. The van der Waals surface area contributed by atoms with E-state index < -0.39 is 26.1 Å². The van der Waals surface area contributed by atoms with Crippen LogP contribution in [0, 0.1) is 29.6 Å². The van der Waals surface area contributed by atoms with Gasteiger partial charge in [0, 0.05) is 11.9 Å². The Morgan fingerprint density at radius 3 is 0.950 bits per heavy atom. The summed E-state index contributed by atoms with van der Waals surface area (Å²) >= 11 is -0.407. The molecule has 0 atom stereocenters. The maximum absolute atomic E-state index is 9.93. The van der Waals surface area contributed by atoms with E-state index in [9.17, 15) is 19.8 Å². The summed E-state index contributed by atoms with van der Waals surface area (Å²) in [5, 5.41) is 24.5. The van der Waals surface area contributed by atoms with E-state index >= 15 is 0 Å². The Morgan fingerprint density at radius 2 is 0.775 bits per heavy atom. The van der Waals surface area contributed by atoms with Crippen molar-refractivity contribution < 1.29 is 36.3 Å². The van der Waals surface area contributed by atoms with E-state index in [1.54, 1.807) is 15.8 Å². The number of carboxylic acids is 2. The van der Waals surface area contributed by atoms with Crippen molar-refractivity contribution in [3.8, 4) is 0 Å². The molecule has 0 amide bonds. The zero-order chi connectivity index (χ0) is 31.2. The van der Waals surface area contributed by atoms with Crippen LogP contribution in [0.5, 0.6) is 0 Å². The largest absolute Gasteiger partial charge is 2.00 e. The number of carbonyl (C=O) groups is 2. The minimum absolute atomic E-state index is 0. The fourth-order valence-corrected chi connectivity index (χ4v) is 9.01. The first-order valence-corrected chi connectivity index (χ1v) is 18.9. The normalized spacial score (nSPS) is 10.3. The summed E-state index contributed by atoms with van der Waals surface area (Å²) < 4.78 is 0. The van der Waals surface area contributed by atoms with Gasteiger partial charge in [0.1, 0.15) is 0 Å². The molecule has 6 heteroatoms. The topological polar surface area (TPSA) is 80.3 Å². The van der Waals surface area contributed by atoms with E-state index in [-0.39, 0.29) is 29.3 Å². The van der Waals surface area contributed by atoms with Crippen molar-refractivity contribution in [2.24, 2.45) is 29.6 Å². The number of unbranched alkanes of at least 4 members (excludes halogenated alkanes) is 5. The molecule has 0 aliphatic heterocycles. The van der Waals surface area contributed by atoms with Crippen molar-refractivity contribution >= 4 is 26.1 Å². The Kier molecular flexibility index (Phi) is 45.9. The van der Waals surface area contributed by atoms with E-state index in [4.69, 9.17) is 0 Å². The smallest absolute Gasteiger partial charge is 0.550 e. The SMILES string of the molecule is CC(C)CCCCC(=O)[O-].CC(C)CCCCC(=O)[O-].CC(C)[CH2][Al]([CH2]C(C)C)[CH2]C(C)C.CCCCCC.[Ni+2]. The minimum Gasteiger partial charge on any atom is -0.550 e. The van der Waals surface area contributed by atoms with Crippen LogP contribution in [0.2, 0.25) is 15.8 Å².